The van der Waals surface area contributed by atoms with Gasteiger partial charge in [0, 0.05) is 17.1 Å². The van der Waals surface area contributed by atoms with Crippen molar-refractivity contribution in [3.05, 3.63) is 53.6 Å². The topological polar surface area (TPSA) is 42.0 Å². The van der Waals surface area contributed by atoms with Gasteiger partial charge in [-0.1, -0.05) is 41.7 Å². The summed E-state index contributed by atoms with van der Waals surface area (Å²) in [5.41, 5.74) is 3.33. The van der Waals surface area contributed by atoms with Crippen molar-refractivity contribution in [2.24, 2.45) is 0 Å². The number of thioether (sulfide) groups is 1. The Morgan fingerprint density at radius 2 is 1.87 bits per heavy atom. The third kappa shape index (κ3) is 3.92. The van der Waals surface area contributed by atoms with Gasteiger partial charge in [-0.3, -0.25) is 4.79 Å². The summed E-state index contributed by atoms with van der Waals surface area (Å²) >= 11 is 3.24. The maximum absolute atomic E-state index is 12.1. The van der Waals surface area contributed by atoms with Gasteiger partial charge < -0.3 is 5.32 Å². The number of carbonyl (C=O) groups excluding carboxylic acids is 1. The van der Waals surface area contributed by atoms with Crippen molar-refractivity contribution in [1.29, 1.82) is 0 Å². The first-order valence-corrected chi connectivity index (χ1v) is 9.28. The fourth-order valence-electron chi connectivity index (χ4n) is 2.27. The lowest BCUT2D eigenvalue weighted by atomic mass is 10.1. The molecule has 0 bridgehead atoms. The number of aromatic nitrogens is 1. The van der Waals surface area contributed by atoms with E-state index in [4.69, 9.17) is 0 Å². The zero-order chi connectivity index (χ0) is 16.2. The molecule has 1 amide bonds. The lowest BCUT2D eigenvalue weighted by Crippen LogP contribution is -2.11. The number of hydrogen-bond donors (Lipinski definition) is 1. The van der Waals surface area contributed by atoms with E-state index < -0.39 is 0 Å². The highest BCUT2D eigenvalue weighted by atomic mass is 32.2. The van der Waals surface area contributed by atoms with Crippen LogP contribution in [0.1, 0.15) is 17.5 Å². The van der Waals surface area contributed by atoms with Crippen LogP contribution in [0, 0.1) is 13.8 Å². The number of benzene rings is 2. The van der Waals surface area contributed by atoms with Crippen LogP contribution in [-0.4, -0.2) is 16.6 Å². The first-order chi connectivity index (χ1) is 11.1. The molecule has 3 nitrogen and oxygen atoms in total. The van der Waals surface area contributed by atoms with E-state index in [1.54, 1.807) is 23.1 Å². The Morgan fingerprint density at radius 3 is 2.61 bits per heavy atom. The van der Waals surface area contributed by atoms with Crippen LogP contribution in [-0.2, 0) is 4.79 Å². The predicted octanol–water partition coefficient (Wildman–Crippen LogP) is 5.03. The van der Waals surface area contributed by atoms with E-state index in [9.17, 15) is 4.79 Å². The van der Waals surface area contributed by atoms with Crippen molar-refractivity contribution in [2.45, 2.75) is 25.2 Å². The summed E-state index contributed by atoms with van der Waals surface area (Å²) in [5, 5.41) is 3.61. The van der Waals surface area contributed by atoms with Crippen LogP contribution in [0.2, 0.25) is 0 Å². The summed E-state index contributed by atoms with van der Waals surface area (Å²) in [6.07, 6.45) is 0.480. The van der Waals surface area contributed by atoms with E-state index in [1.165, 1.54) is 10.5 Å². The second-order valence-electron chi connectivity index (χ2n) is 5.36. The molecule has 0 saturated carbocycles. The van der Waals surface area contributed by atoms with Crippen molar-refractivity contribution in [1.82, 2.24) is 4.98 Å². The molecule has 0 aliphatic carbocycles. The van der Waals surface area contributed by atoms with Crippen molar-refractivity contribution in [2.75, 3.05) is 11.1 Å². The molecule has 3 aromatic rings. The minimum absolute atomic E-state index is 0.0165. The van der Waals surface area contributed by atoms with Gasteiger partial charge in [0.2, 0.25) is 5.91 Å². The van der Waals surface area contributed by atoms with Crippen LogP contribution in [0.4, 0.5) is 5.13 Å². The van der Waals surface area contributed by atoms with Gasteiger partial charge in [0.15, 0.2) is 5.13 Å². The molecule has 118 valence electrons. The Morgan fingerprint density at radius 1 is 1.13 bits per heavy atom. The van der Waals surface area contributed by atoms with Crippen LogP contribution < -0.4 is 5.32 Å². The summed E-state index contributed by atoms with van der Waals surface area (Å²) in [6.45, 7) is 4.12. The van der Waals surface area contributed by atoms with E-state index in [-0.39, 0.29) is 5.91 Å². The molecule has 3 rings (SSSR count). The molecule has 0 spiro atoms. The quantitative estimate of drug-likeness (QED) is 0.661. The van der Waals surface area contributed by atoms with Gasteiger partial charge in [-0.25, -0.2) is 4.98 Å². The molecule has 0 aliphatic rings. The summed E-state index contributed by atoms with van der Waals surface area (Å²) in [5.74, 6) is 0.779. The van der Waals surface area contributed by atoms with Gasteiger partial charge in [-0.2, -0.15) is 0 Å². The normalized spacial score (nSPS) is 10.9. The second-order valence-corrected chi connectivity index (χ2v) is 7.52. The minimum atomic E-state index is 0.0165. The SMILES string of the molecule is Cc1ccc(C)c2sc(NC(=O)CCSc3ccccc3)nc12. The lowest BCUT2D eigenvalue weighted by molar-refractivity contribution is -0.115. The van der Waals surface area contributed by atoms with Crippen LogP contribution in [0.25, 0.3) is 10.2 Å². The molecule has 0 fully saturated rings. The maximum Gasteiger partial charge on any atom is 0.226 e. The van der Waals surface area contributed by atoms with Gasteiger partial charge in [0.1, 0.15) is 0 Å². The highest BCUT2D eigenvalue weighted by molar-refractivity contribution is 7.99. The standard InChI is InChI=1S/C18H18N2OS2/c1-12-8-9-13(2)17-16(12)20-18(23-17)19-15(21)10-11-22-14-6-4-3-5-7-14/h3-9H,10-11H2,1-2H3,(H,19,20,21). The number of rotatable bonds is 5. The van der Waals surface area contributed by atoms with Crippen molar-refractivity contribution >= 4 is 44.4 Å². The molecule has 1 aromatic heterocycles. The summed E-state index contributed by atoms with van der Waals surface area (Å²) < 4.78 is 1.15. The summed E-state index contributed by atoms with van der Waals surface area (Å²) in [7, 11) is 0. The Bertz CT molecular complexity index is 789. The Balaban J connectivity index is 1.60. The number of nitrogens with one attached hydrogen (secondary N) is 1. The van der Waals surface area contributed by atoms with Crippen LogP contribution in [0.15, 0.2) is 47.4 Å². The van der Waals surface area contributed by atoms with Crippen LogP contribution in [0.3, 0.4) is 0 Å². The fraction of sp³-hybridized carbons (Fsp3) is 0.222. The highest BCUT2D eigenvalue weighted by Crippen LogP contribution is 2.31. The van der Waals surface area contributed by atoms with E-state index in [2.05, 4.69) is 41.5 Å². The molecule has 0 saturated heterocycles. The average Bonchev–Trinajstić information content (AvgIpc) is 2.97. The first kappa shape index (κ1) is 16.0. The molecule has 0 radical (unpaired) electrons. The highest BCUT2D eigenvalue weighted by Gasteiger charge is 2.11. The molecule has 0 atom stereocenters. The van der Waals surface area contributed by atoms with Gasteiger partial charge in [0.05, 0.1) is 10.2 Å². The van der Waals surface area contributed by atoms with Gasteiger partial charge in [0.25, 0.3) is 0 Å². The maximum atomic E-state index is 12.1. The molecule has 0 aliphatic heterocycles. The van der Waals surface area contributed by atoms with E-state index in [0.717, 1.165) is 21.5 Å². The Kier molecular flexibility index (Phi) is 4.98. The third-order valence-electron chi connectivity index (χ3n) is 3.53. The number of thiazole rings is 1. The number of hydrogen-bond acceptors (Lipinski definition) is 4. The third-order valence-corrected chi connectivity index (χ3v) is 5.65. The average molecular weight is 342 g/mol. The van der Waals surface area contributed by atoms with Gasteiger partial charge in [-0.15, -0.1) is 11.8 Å². The number of amides is 1. The summed E-state index contributed by atoms with van der Waals surface area (Å²) in [6, 6.07) is 14.3. The number of nitrogens with zero attached hydrogens (tertiary/aromatic N) is 1. The van der Waals surface area contributed by atoms with E-state index in [0.29, 0.717) is 11.6 Å². The first-order valence-electron chi connectivity index (χ1n) is 7.48. The number of carbonyl (C=O) groups is 1. The molecule has 2 aromatic carbocycles. The van der Waals surface area contributed by atoms with Crippen LogP contribution >= 0.6 is 23.1 Å². The number of aryl methyl sites for hydroxylation is 2. The molecular formula is C18H18N2OS2. The molecule has 23 heavy (non-hydrogen) atoms. The van der Waals surface area contributed by atoms with Crippen LogP contribution in [0.5, 0.6) is 0 Å². The number of anilines is 1. The summed E-state index contributed by atoms with van der Waals surface area (Å²) in [4.78, 5) is 17.8. The fourth-order valence-corrected chi connectivity index (χ4v) is 4.17. The molecule has 1 heterocycles. The van der Waals surface area contributed by atoms with Crippen molar-refractivity contribution in [3.63, 3.8) is 0 Å². The Labute approximate surface area is 144 Å². The predicted molar refractivity (Wildman–Crippen MR) is 99.5 cm³/mol. The van der Waals surface area contributed by atoms with E-state index in [1.807, 2.05) is 25.1 Å². The second kappa shape index (κ2) is 7.15. The van der Waals surface area contributed by atoms with E-state index >= 15 is 0 Å². The molecule has 0 unspecified atom stereocenters. The van der Waals surface area contributed by atoms with Gasteiger partial charge in [-0.05, 0) is 37.1 Å². The Hall–Kier alpha value is -1.85. The smallest absolute Gasteiger partial charge is 0.226 e. The zero-order valence-corrected chi connectivity index (χ0v) is 14.8. The largest absolute Gasteiger partial charge is 0.302 e. The van der Waals surface area contributed by atoms with Crippen molar-refractivity contribution < 1.29 is 4.79 Å². The molecular weight excluding hydrogens is 324 g/mol. The number of fused-ring (bicyclic) bond motifs is 1. The molecule has 1 N–H and O–H groups in total. The zero-order valence-electron chi connectivity index (χ0n) is 13.1. The van der Waals surface area contributed by atoms with Gasteiger partial charge >= 0.3 is 0 Å². The minimum Gasteiger partial charge on any atom is -0.302 e. The molecule has 5 heteroatoms. The van der Waals surface area contributed by atoms with Crippen molar-refractivity contribution in [3.8, 4) is 0 Å². The monoisotopic (exact) mass is 342 g/mol. The lowest BCUT2D eigenvalue weighted by Gasteiger charge is -2.02.